The number of carbonyl (C=O) groups is 1. The van der Waals surface area contributed by atoms with Crippen LogP contribution in [0.25, 0.3) is 10.2 Å². The van der Waals surface area contributed by atoms with Gasteiger partial charge in [0.2, 0.25) is 0 Å². The van der Waals surface area contributed by atoms with Gasteiger partial charge in [0.05, 0.1) is 4.70 Å². The number of aromatic amines is 1. The van der Waals surface area contributed by atoms with E-state index in [1.807, 2.05) is 0 Å². The minimum atomic E-state index is -0.912. The highest BCUT2D eigenvalue weighted by atomic mass is 79.9. The minimum Gasteiger partial charge on any atom is -0.477 e. The number of carboxylic acid groups (broad SMARTS) is 1. The van der Waals surface area contributed by atoms with Crippen LogP contribution in [0.5, 0.6) is 0 Å². The molecule has 0 saturated heterocycles. The molecular weight excluding hydrogens is 244 g/mol. The van der Waals surface area contributed by atoms with E-state index in [2.05, 4.69) is 26.1 Å². The molecule has 2 aromatic rings. The van der Waals surface area contributed by atoms with E-state index in [1.165, 1.54) is 11.3 Å². The summed E-state index contributed by atoms with van der Waals surface area (Å²) in [5.41, 5.74) is 0.685. The third-order valence-electron chi connectivity index (χ3n) is 1.40. The quantitative estimate of drug-likeness (QED) is 0.810. The van der Waals surface area contributed by atoms with E-state index in [9.17, 15) is 4.79 Å². The largest absolute Gasteiger partial charge is 0.477 e. The summed E-state index contributed by atoms with van der Waals surface area (Å²) >= 11 is 4.43. The summed E-state index contributed by atoms with van der Waals surface area (Å²) < 4.78 is 1.57. The maximum atomic E-state index is 10.5. The van der Waals surface area contributed by atoms with Crippen molar-refractivity contribution in [3.05, 3.63) is 15.5 Å². The standard InChI is InChI=1S/C6H3BrN2O2S/c7-5-4-2(8-9-5)1-3(12-4)6(10)11/h1H,(H,8,9)(H,10,11). The number of nitrogens with one attached hydrogen (secondary N) is 1. The van der Waals surface area contributed by atoms with Gasteiger partial charge < -0.3 is 5.11 Å². The number of hydrogen-bond donors (Lipinski definition) is 2. The molecule has 0 atom stereocenters. The highest BCUT2D eigenvalue weighted by Crippen LogP contribution is 2.29. The molecule has 0 aliphatic rings. The molecule has 0 aliphatic carbocycles. The summed E-state index contributed by atoms with van der Waals surface area (Å²) in [6, 6.07) is 1.55. The fraction of sp³-hybridized carbons (Fsp3) is 0. The Labute approximate surface area is 79.3 Å². The summed E-state index contributed by atoms with van der Waals surface area (Å²) in [7, 11) is 0. The first-order chi connectivity index (χ1) is 5.68. The lowest BCUT2D eigenvalue weighted by molar-refractivity contribution is 0.0702. The second-order valence-corrected chi connectivity index (χ2v) is 4.01. The number of fused-ring (bicyclic) bond motifs is 1. The minimum absolute atomic E-state index is 0.308. The Hall–Kier alpha value is -0.880. The van der Waals surface area contributed by atoms with Gasteiger partial charge in [-0.1, -0.05) is 0 Å². The molecule has 12 heavy (non-hydrogen) atoms. The van der Waals surface area contributed by atoms with Crippen LogP contribution in [-0.2, 0) is 0 Å². The molecule has 0 bridgehead atoms. The van der Waals surface area contributed by atoms with E-state index in [1.54, 1.807) is 6.07 Å². The predicted molar refractivity (Wildman–Crippen MR) is 48.6 cm³/mol. The monoisotopic (exact) mass is 246 g/mol. The van der Waals surface area contributed by atoms with Gasteiger partial charge >= 0.3 is 5.97 Å². The molecule has 62 valence electrons. The molecule has 0 aromatic carbocycles. The maximum absolute atomic E-state index is 10.5. The smallest absolute Gasteiger partial charge is 0.345 e. The summed E-state index contributed by atoms with van der Waals surface area (Å²) in [5, 5.41) is 15.3. The zero-order chi connectivity index (χ0) is 8.72. The van der Waals surface area contributed by atoms with Gasteiger partial charge in [-0.25, -0.2) is 4.79 Å². The summed E-state index contributed by atoms with van der Waals surface area (Å²) in [6.07, 6.45) is 0. The van der Waals surface area contributed by atoms with Crippen LogP contribution in [0.1, 0.15) is 9.67 Å². The number of nitrogens with zero attached hydrogens (tertiary/aromatic N) is 1. The van der Waals surface area contributed by atoms with Crippen molar-refractivity contribution < 1.29 is 9.90 Å². The molecule has 2 heterocycles. The van der Waals surface area contributed by atoms with E-state index in [0.717, 1.165) is 9.30 Å². The Balaban J connectivity index is 2.70. The van der Waals surface area contributed by atoms with Gasteiger partial charge in [0.25, 0.3) is 0 Å². The highest BCUT2D eigenvalue weighted by Gasteiger charge is 2.12. The van der Waals surface area contributed by atoms with E-state index in [0.29, 0.717) is 10.4 Å². The lowest BCUT2D eigenvalue weighted by Crippen LogP contribution is -1.89. The number of carboxylic acids is 1. The molecule has 2 aromatic heterocycles. The first kappa shape index (κ1) is 7.75. The van der Waals surface area contributed by atoms with E-state index >= 15 is 0 Å². The molecule has 2 rings (SSSR count). The molecule has 0 radical (unpaired) electrons. The number of halogens is 1. The van der Waals surface area contributed by atoms with Crippen LogP contribution in [0.15, 0.2) is 10.7 Å². The van der Waals surface area contributed by atoms with Gasteiger partial charge in [0, 0.05) is 0 Å². The highest BCUT2D eigenvalue weighted by molar-refractivity contribution is 9.10. The van der Waals surface area contributed by atoms with Gasteiger partial charge in [0.1, 0.15) is 15.0 Å². The maximum Gasteiger partial charge on any atom is 0.345 e. The Morgan fingerprint density at radius 1 is 1.75 bits per heavy atom. The van der Waals surface area contributed by atoms with Gasteiger partial charge in [-0.3, -0.25) is 5.10 Å². The van der Waals surface area contributed by atoms with Crippen molar-refractivity contribution in [1.82, 2.24) is 10.2 Å². The van der Waals surface area contributed by atoms with Gasteiger partial charge in [0.15, 0.2) is 0 Å². The van der Waals surface area contributed by atoms with Crippen LogP contribution in [0.2, 0.25) is 0 Å². The molecule has 0 unspecified atom stereocenters. The van der Waals surface area contributed by atoms with E-state index in [4.69, 9.17) is 5.11 Å². The van der Waals surface area contributed by atoms with Crippen molar-refractivity contribution in [2.75, 3.05) is 0 Å². The van der Waals surface area contributed by atoms with Gasteiger partial charge in [-0.15, -0.1) is 11.3 Å². The number of aromatic nitrogens is 2. The molecule has 6 heteroatoms. The number of hydrogen-bond acceptors (Lipinski definition) is 3. The number of rotatable bonds is 1. The Bertz CT molecular complexity index is 447. The first-order valence-corrected chi connectivity index (χ1v) is 4.66. The van der Waals surface area contributed by atoms with E-state index < -0.39 is 5.97 Å². The molecule has 0 spiro atoms. The second kappa shape index (κ2) is 2.56. The summed E-state index contributed by atoms with van der Waals surface area (Å²) in [6.45, 7) is 0. The first-order valence-electron chi connectivity index (χ1n) is 3.05. The molecule has 0 fully saturated rings. The van der Waals surface area contributed by atoms with Crippen molar-refractivity contribution in [3.63, 3.8) is 0 Å². The van der Waals surface area contributed by atoms with Crippen LogP contribution in [0.4, 0.5) is 0 Å². The molecule has 2 N–H and O–H groups in total. The third kappa shape index (κ3) is 1.03. The second-order valence-electron chi connectivity index (χ2n) is 2.17. The zero-order valence-electron chi connectivity index (χ0n) is 5.67. The molecule has 0 saturated carbocycles. The summed E-state index contributed by atoms with van der Waals surface area (Å²) in [5.74, 6) is -0.912. The van der Waals surface area contributed by atoms with Crippen LogP contribution in [0.3, 0.4) is 0 Å². The van der Waals surface area contributed by atoms with Crippen LogP contribution < -0.4 is 0 Å². The van der Waals surface area contributed by atoms with Crippen LogP contribution in [-0.4, -0.2) is 21.3 Å². The SMILES string of the molecule is O=C(O)c1cc2n[nH]c(Br)c2s1. The normalized spacial score (nSPS) is 10.8. The fourth-order valence-electron chi connectivity index (χ4n) is 0.887. The van der Waals surface area contributed by atoms with Gasteiger partial charge in [-0.05, 0) is 22.0 Å². The topological polar surface area (TPSA) is 66.0 Å². The summed E-state index contributed by atoms with van der Waals surface area (Å²) in [4.78, 5) is 10.8. The average molecular weight is 247 g/mol. The van der Waals surface area contributed by atoms with Gasteiger partial charge in [-0.2, -0.15) is 5.10 Å². The van der Waals surface area contributed by atoms with Crippen molar-refractivity contribution in [2.24, 2.45) is 0 Å². The van der Waals surface area contributed by atoms with Crippen LogP contribution >= 0.6 is 27.3 Å². The van der Waals surface area contributed by atoms with Crippen LogP contribution in [0, 0.1) is 0 Å². The average Bonchev–Trinajstić information content (AvgIpc) is 2.53. The number of aromatic carboxylic acids is 1. The Morgan fingerprint density at radius 2 is 2.50 bits per heavy atom. The lowest BCUT2D eigenvalue weighted by atomic mass is 10.4. The Morgan fingerprint density at radius 3 is 3.08 bits per heavy atom. The number of H-pyrrole nitrogens is 1. The van der Waals surface area contributed by atoms with Crippen molar-refractivity contribution in [1.29, 1.82) is 0 Å². The predicted octanol–water partition coefficient (Wildman–Crippen LogP) is 2.09. The van der Waals surface area contributed by atoms with Crippen molar-refractivity contribution >= 4 is 43.5 Å². The molecule has 0 amide bonds. The lowest BCUT2D eigenvalue weighted by Gasteiger charge is -1.81. The molecule has 0 aliphatic heterocycles. The number of thiophene rings is 1. The van der Waals surface area contributed by atoms with E-state index in [-0.39, 0.29) is 0 Å². The molecule has 4 nitrogen and oxygen atoms in total. The zero-order valence-corrected chi connectivity index (χ0v) is 8.07. The van der Waals surface area contributed by atoms with Crippen molar-refractivity contribution in [3.8, 4) is 0 Å². The van der Waals surface area contributed by atoms with Crippen molar-refractivity contribution in [2.45, 2.75) is 0 Å². The fourth-order valence-corrected chi connectivity index (χ4v) is 2.24. The Kier molecular flexibility index (Phi) is 1.66. The third-order valence-corrected chi connectivity index (χ3v) is 3.36. The molecular formula is C6H3BrN2O2S.